The molecule has 0 aromatic heterocycles. The molecular formula is C31H31NO4S. The van der Waals surface area contributed by atoms with E-state index < -0.39 is 17.9 Å². The molecule has 0 fully saturated rings. The Balaban J connectivity index is 1.57. The van der Waals surface area contributed by atoms with Gasteiger partial charge in [-0.1, -0.05) is 72.8 Å². The lowest BCUT2D eigenvalue weighted by atomic mass is 9.93. The normalized spacial score (nSPS) is 11.8. The van der Waals surface area contributed by atoms with Crippen molar-refractivity contribution in [3.05, 3.63) is 107 Å². The van der Waals surface area contributed by atoms with Crippen LogP contribution in [0.3, 0.4) is 0 Å². The molecule has 4 aromatic rings. The third-order valence-corrected chi connectivity index (χ3v) is 7.03. The summed E-state index contributed by atoms with van der Waals surface area (Å²) >= 11 is 1.55. The minimum absolute atomic E-state index is 0.363. The maximum Gasteiger partial charge on any atom is 0.326 e. The number of amides is 1. The molecule has 4 rings (SSSR count). The van der Waals surface area contributed by atoms with Crippen molar-refractivity contribution in [2.24, 2.45) is 0 Å². The molecule has 6 heteroatoms. The van der Waals surface area contributed by atoms with E-state index in [0.29, 0.717) is 31.0 Å². The van der Waals surface area contributed by atoms with Crippen molar-refractivity contribution in [1.82, 2.24) is 5.32 Å². The largest absolute Gasteiger partial charge is 0.480 e. The minimum Gasteiger partial charge on any atom is -0.480 e. The third kappa shape index (κ3) is 6.59. The van der Waals surface area contributed by atoms with Crippen LogP contribution in [0.5, 0.6) is 0 Å². The summed E-state index contributed by atoms with van der Waals surface area (Å²) in [6, 6.07) is 27.0. The number of thioether (sulfide) groups is 1. The summed E-state index contributed by atoms with van der Waals surface area (Å²) in [5, 5.41) is 14.7. The van der Waals surface area contributed by atoms with Crippen LogP contribution in [0.4, 0.5) is 0 Å². The van der Waals surface area contributed by atoms with Crippen LogP contribution >= 0.6 is 11.8 Å². The molecule has 0 radical (unpaired) electrons. The zero-order valence-electron chi connectivity index (χ0n) is 21.1. The maximum atomic E-state index is 13.3. The van der Waals surface area contributed by atoms with E-state index in [9.17, 15) is 14.7 Å². The average molecular weight is 514 g/mol. The number of rotatable bonds is 11. The zero-order chi connectivity index (χ0) is 26.2. The van der Waals surface area contributed by atoms with Crippen LogP contribution in [0.25, 0.3) is 21.9 Å². The Kier molecular flexibility index (Phi) is 8.99. The van der Waals surface area contributed by atoms with Gasteiger partial charge in [-0.3, -0.25) is 4.79 Å². The molecule has 0 saturated carbocycles. The molecule has 0 bridgehead atoms. The van der Waals surface area contributed by atoms with E-state index in [-0.39, 0.29) is 0 Å². The maximum absolute atomic E-state index is 13.3. The molecule has 0 saturated heterocycles. The number of fused-ring (bicyclic) bond motifs is 1. The van der Waals surface area contributed by atoms with E-state index in [4.69, 9.17) is 4.74 Å². The fraction of sp³-hybridized carbons (Fsp3) is 0.226. The van der Waals surface area contributed by atoms with E-state index in [1.54, 1.807) is 17.8 Å². The quantitative estimate of drug-likeness (QED) is 0.240. The van der Waals surface area contributed by atoms with Crippen molar-refractivity contribution in [3.63, 3.8) is 0 Å². The SMILES string of the molecule is CSCC[C@H](NC(=O)c1ccc(COCc2cccc3ccccc23)cc1-c1ccccc1C)C(=O)O. The molecule has 0 aliphatic rings. The Morgan fingerprint density at radius 1 is 0.919 bits per heavy atom. The first kappa shape index (κ1) is 26.5. The topological polar surface area (TPSA) is 75.6 Å². The van der Waals surface area contributed by atoms with Gasteiger partial charge in [-0.2, -0.15) is 11.8 Å². The van der Waals surface area contributed by atoms with Gasteiger partial charge < -0.3 is 15.2 Å². The number of nitrogens with one attached hydrogen (secondary N) is 1. The smallest absolute Gasteiger partial charge is 0.326 e. The first-order chi connectivity index (χ1) is 18.0. The van der Waals surface area contributed by atoms with Gasteiger partial charge in [0.1, 0.15) is 6.04 Å². The van der Waals surface area contributed by atoms with Gasteiger partial charge >= 0.3 is 5.97 Å². The Labute approximate surface area is 221 Å². The fourth-order valence-electron chi connectivity index (χ4n) is 4.40. The monoisotopic (exact) mass is 513 g/mol. The minimum atomic E-state index is -1.03. The van der Waals surface area contributed by atoms with Crippen LogP contribution < -0.4 is 5.32 Å². The second-order valence-electron chi connectivity index (χ2n) is 8.97. The standard InChI is InChI=1S/C31H31NO4S/c1-21-8-3-5-12-25(21)28-18-22(14-15-27(28)30(33)32-29(31(34)35)16-17-37-2)19-36-20-24-11-7-10-23-9-4-6-13-26(23)24/h3-15,18,29H,16-17,19-20H2,1-2H3,(H,32,33)(H,34,35)/t29-/m0/s1. The van der Waals surface area contributed by atoms with Gasteiger partial charge in [-0.05, 0) is 76.1 Å². The van der Waals surface area contributed by atoms with E-state index in [2.05, 4.69) is 29.6 Å². The molecule has 0 unspecified atom stereocenters. The van der Waals surface area contributed by atoms with Crippen molar-refractivity contribution < 1.29 is 19.4 Å². The lowest BCUT2D eigenvalue weighted by Gasteiger charge is -2.18. The zero-order valence-corrected chi connectivity index (χ0v) is 21.9. The van der Waals surface area contributed by atoms with E-state index >= 15 is 0 Å². The number of aliphatic carboxylic acids is 1. The number of carboxylic acids is 1. The van der Waals surface area contributed by atoms with Crippen molar-refractivity contribution >= 4 is 34.4 Å². The first-order valence-electron chi connectivity index (χ1n) is 12.2. The van der Waals surface area contributed by atoms with Crippen LogP contribution in [0.1, 0.15) is 33.5 Å². The van der Waals surface area contributed by atoms with E-state index in [1.807, 2.05) is 67.8 Å². The molecule has 1 atom stereocenters. The Morgan fingerprint density at radius 3 is 2.46 bits per heavy atom. The van der Waals surface area contributed by atoms with Crippen LogP contribution in [0.15, 0.2) is 84.9 Å². The second kappa shape index (κ2) is 12.6. The number of carbonyl (C=O) groups is 2. The van der Waals surface area contributed by atoms with Crippen molar-refractivity contribution in [1.29, 1.82) is 0 Å². The molecule has 2 N–H and O–H groups in total. The highest BCUT2D eigenvalue weighted by molar-refractivity contribution is 7.98. The van der Waals surface area contributed by atoms with Crippen LogP contribution in [0, 0.1) is 6.92 Å². The highest BCUT2D eigenvalue weighted by Gasteiger charge is 2.22. The predicted octanol–water partition coefficient (Wildman–Crippen LogP) is 6.47. The molecule has 0 spiro atoms. The van der Waals surface area contributed by atoms with E-state index in [0.717, 1.165) is 27.8 Å². The van der Waals surface area contributed by atoms with Gasteiger partial charge in [0.15, 0.2) is 0 Å². The van der Waals surface area contributed by atoms with Gasteiger partial charge in [0.2, 0.25) is 0 Å². The Bertz CT molecular complexity index is 1400. The van der Waals surface area contributed by atoms with Gasteiger partial charge in [0.25, 0.3) is 5.91 Å². The third-order valence-electron chi connectivity index (χ3n) is 6.38. The van der Waals surface area contributed by atoms with Crippen molar-refractivity contribution in [3.8, 4) is 11.1 Å². The number of hydrogen-bond acceptors (Lipinski definition) is 4. The number of carboxylic acid groups (broad SMARTS) is 1. The average Bonchev–Trinajstić information content (AvgIpc) is 2.91. The molecule has 37 heavy (non-hydrogen) atoms. The lowest BCUT2D eigenvalue weighted by Crippen LogP contribution is -2.41. The number of ether oxygens (including phenoxy) is 1. The summed E-state index contributed by atoms with van der Waals surface area (Å²) in [5.41, 5.74) is 5.23. The molecule has 5 nitrogen and oxygen atoms in total. The fourth-order valence-corrected chi connectivity index (χ4v) is 4.87. The number of aryl methyl sites for hydroxylation is 1. The van der Waals surface area contributed by atoms with Crippen LogP contribution in [0.2, 0.25) is 0 Å². The molecule has 0 aliphatic carbocycles. The Hall–Kier alpha value is -3.61. The summed E-state index contributed by atoms with van der Waals surface area (Å²) in [6.45, 7) is 2.85. The predicted molar refractivity (Wildman–Crippen MR) is 151 cm³/mol. The molecule has 0 aliphatic heterocycles. The van der Waals surface area contributed by atoms with Crippen LogP contribution in [-0.2, 0) is 22.7 Å². The molecule has 4 aromatic carbocycles. The summed E-state index contributed by atoms with van der Waals surface area (Å²) in [6.07, 6.45) is 2.28. The molecule has 190 valence electrons. The number of benzene rings is 4. The summed E-state index contributed by atoms with van der Waals surface area (Å²) in [4.78, 5) is 25.0. The van der Waals surface area contributed by atoms with Gasteiger partial charge in [-0.15, -0.1) is 0 Å². The second-order valence-corrected chi connectivity index (χ2v) is 9.96. The van der Waals surface area contributed by atoms with E-state index in [1.165, 1.54) is 10.8 Å². The summed E-state index contributed by atoms with van der Waals surface area (Å²) in [7, 11) is 0. The Morgan fingerprint density at radius 2 is 1.68 bits per heavy atom. The molecule has 0 heterocycles. The van der Waals surface area contributed by atoms with Crippen molar-refractivity contribution in [2.75, 3.05) is 12.0 Å². The van der Waals surface area contributed by atoms with Crippen molar-refractivity contribution in [2.45, 2.75) is 32.6 Å². The van der Waals surface area contributed by atoms with Gasteiger partial charge in [-0.25, -0.2) is 4.79 Å². The lowest BCUT2D eigenvalue weighted by molar-refractivity contribution is -0.139. The van der Waals surface area contributed by atoms with Crippen LogP contribution in [-0.4, -0.2) is 35.0 Å². The first-order valence-corrected chi connectivity index (χ1v) is 13.6. The molecular weight excluding hydrogens is 482 g/mol. The highest BCUT2D eigenvalue weighted by Crippen LogP contribution is 2.29. The molecule has 1 amide bonds. The van der Waals surface area contributed by atoms with Gasteiger partial charge in [0.05, 0.1) is 13.2 Å². The highest BCUT2D eigenvalue weighted by atomic mass is 32.2. The van der Waals surface area contributed by atoms with Gasteiger partial charge in [0, 0.05) is 5.56 Å². The number of hydrogen-bond donors (Lipinski definition) is 2. The summed E-state index contributed by atoms with van der Waals surface area (Å²) < 4.78 is 6.10. The summed E-state index contributed by atoms with van der Waals surface area (Å²) in [5.74, 6) is -0.775. The number of carbonyl (C=O) groups excluding carboxylic acids is 1.